The first-order chi connectivity index (χ1) is 21.6. The summed E-state index contributed by atoms with van der Waals surface area (Å²) in [6.07, 6.45) is 0. The molecule has 0 spiro atoms. The van der Waals surface area contributed by atoms with E-state index < -0.39 is 22.1 Å². The summed E-state index contributed by atoms with van der Waals surface area (Å²) >= 11 is 0. The van der Waals surface area contributed by atoms with E-state index in [0.717, 1.165) is 0 Å². The molecule has 0 radical (unpaired) electrons. The maximum atomic E-state index is 12.1. The fraction of sp³-hybridized carbons (Fsp3) is 0. The van der Waals surface area contributed by atoms with Crippen LogP contribution < -0.4 is 46.5 Å². The van der Waals surface area contributed by atoms with Crippen LogP contribution in [0.1, 0.15) is 0 Å². The second-order valence-corrected chi connectivity index (χ2v) is 16.1. The van der Waals surface area contributed by atoms with Crippen molar-refractivity contribution in [2.45, 2.75) is 0 Å². The van der Waals surface area contributed by atoms with Crippen molar-refractivity contribution in [1.29, 1.82) is 0 Å². The van der Waals surface area contributed by atoms with Crippen LogP contribution in [0.4, 0.5) is 0 Å². The maximum Gasteiger partial charge on any atom is 3.00 e. The van der Waals surface area contributed by atoms with Gasteiger partial charge in [0.15, 0.2) is 0 Å². The first kappa shape index (κ1) is 37.9. The van der Waals surface area contributed by atoms with Gasteiger partial charge < -0.3 is 28.4 Å². The van der Waals surface area contributed by atoms with E-state index in [1.165, 1.54) is 0 Å². The smallest absolute Gasteiger partial charge is 0.793 e. The summed E-state index contributed by atoms with van der Waals surface area (Å²) in [5.74, 6) is 0. The second-order valence-electron chi connectivity index (χ2n) is 9.67. The average molecular weight is 804 g/mol. The molecular weight excluding hydrogens is 773 g/mol. The van der Waals surface area contributed by atoms with E-state index in [0.29, 0.717) is 31.8 Å². The van der Waals surface area contributed by atoms with Gasteiger partial charge in [-0.3, -0.25) is 0 Å². The molecule has 0 amide bonds. The second kappa shape index (κ2) is 18.1. The van der Waals surface area contributed by atoms with E-state index in [-0.39, 0.29) is 49.4 Å². The zero-order chi connectivity index (χ0) is 32.2. The molecule has 0 aliphatic rings. The van der Waals surface area contributed by atoms with Gasteiger partial charge in [0.2, 0.25) is 0 Å². The number of hydrogen-bond acceptors (Lipinski definition) is 6. The zero-order valence-corrected chi connectivity index (χ0v) is 29.6. The Morgan fingerprint density at radius 1 is 0.261 bits per heavy atom. The largest absolute Gasteiger partial charge is 3.00 e. The predicted octanol–water partition coefficient (Wildman–Crippen LogP) is 3.83. The Labute approximate surface area is 310 Å². The topological polar surface area (TPSA) is 120 Å². The first-order valence-corrected chi connectivity index (χ1v) is 18.8. The molecule has 0 bridgehead atoms. The van der Waals surface area contributed by atoms with E-state index in [1.807, 2.05) is 0 Å². The molecule has 232 valence electrons. The maximum absolute atomic E-state index is 12.1. The SMILES string of the molecule is O=P([O-])(c1ccccc1)c1ccccc1.O=P([O-])(c1ccccc1)c1ccccc1.O=P([O-])(c1ccccc1)c1ccccc1.[Eu+3]. The zero-order valence-electron chi connectivity index (χ0n) is 24.5. The van der Waals surface area contributed by atoms with Gasteiger partial charge in [-0.1, -0.05) is 182 Å². The quantitative estimate of drug-likeness (QED) is 0.237. The van der Waals surface area contributed by atoms with Gasteiger partial charge in [-0.25, -0.2) is 0 Å². The van der Waals surface area contributed by atoms with Crippen LogP contribution in [0, 0.1) is 49.4 Å². The first-order valence-electron chi connectivity index (χ1n) is 13.9. The van der Waals surface area contributed by atoms with Gasteiger partial charge in [0.1, 0.15) is 0 Å². The molecule has 0 aromatic heterocycles. The molecule has 0 saturated heterocycles. The third kappa shape index (κ3) is 10.2. The van der Waals surface area contributed by atoms with E-state index in [2.05, 4.69) is 0 Å². The van der Waals surface area contributed by atoms with Crippen LogP contribution in [-0.2, 0) is 13.7 Å². The van der Waals surface area contributed by atoms with E-state index in [4.69, 9.17) is 0 Å². The Morgan fingerprint density at radius 2 is 0.370 bits per heavy atom. The summed E-state index contributed by atoms with van der Waals surface area (Å²) < 4.78 is 36.2. The van der Waals surface area contributed by atoms with Crippen LogP contribution in [-0.4, -0.2) is 0 Å². The monoisotopic (exact) mass is 804 g/mol. The van der Waals surface area contributed by atoms with E-state index in [1.54, 1.807) is 182 Å². The fourth-order valence-corrected chi connectivity index (χ4v) is 8.47. The van der Waals surface area contributed by atoms with Gasteiger partial charge >= 0.3 is 49.4 Å². The Kier molecular flexibility index (Phi) is 15.0. The molecule has 0 fully saturated rings. The van der Waals surface area contributed by atoms with E-state index in [9.17, 15) is 28.4 Å². The molecule has 46 heavy (non-hydrogen) atoms. The Hall–Kier alpha value is -2.53. The molecular formula is C36H30EuO6P3. The summed E-state index contributed by atoms with van der Waals surface area (Å²) in [7, 11) is -10.9. The normalized spacial score (nSPS) is 11.0. The van der Waals surface area contributed by atoms with Gasteiger partial charge in [0.25, 0.3) is 0 Å². The average Bonchev–Trinajstić information content (AvgIpc) is 3.11. The van der Waals surface area contributed by atoms with Crippen molar-refractivity contribution >= 4 is 53.9 Å². The van der Waals surface area contributed by atoms with Gasteiger partial charge in [-0.2, -0.15) is 0 Å². The fourth-order valence-electron chi connectivity index (χ4n) is 4.19. The van der Waals surface area contributed by atoms with Crippen molar-refractivity contribution in [3.8, 4) is 0 Å². The molecule has 0 aliphatic carbocycles. The van der Waals surface area contributed by atoms with Crippen molar-refractivity contribution in [1.82, 2.24) is 0 Å². The summed E-state index contributed by atoms with van der Waals surface area (Å²) in [5.41, 5.74) is 0. The molecule has 0 N–H and O–H groups in total. The molecule has 10 heteroatoms. The summed E-state index contributed by atoms with van der Waals surface area (Å²) in [4.78, 5) is 36.2. The minimum Gasteiger partial charge on any atom is -0.793 e. The van der Waals surface area contributed by atoms with Crippen LogP contribution in [0.2, 0.25) is 0 Å². The van der Waals surface area contributed by atoms with Crippen LogP contribution in [0.15, 0.2) is 182 Å². The van der Waals surface area contributed by atoms with Crippen LogP contribution in [0.5, 0.6) is 0 Å². The molecule has 6 aromatic carbocycles. The van der Waals surface area contributed by atoms with Crippen LogP contribution >= 0.6 is 22.1 Å². The Bertz CT molecular complexity index is 1540. The minimum atomic E-state index is -3.65. The minimum absolute atomic E-state index is 0. The predicted molar refractivity (Wildman–Crippen MR) is 179 cm³/mol. The number of rotatable bonds is 6. The standard InChI is InChI=1S/3C12H11O2P.Eu/c3*13-15(14,11-7-3-1-4-8-11)12-9-5-2-6-10-12;/h3*1-10H,(H,13,14);/q;;;+3/p-3. The molecule has 6 aromatic rings. The van der Waals surface area contributed by atoms with Gasteiger partial charge in [0, 0.05) is 31.8 Å². The van der Waals surface area contributed by atoms with Crippen molar-refractivity contribution in [3.63, 3.8) is 0 Å². The summed E-state index contributed by atoms with van der Waals surface area (Å²) in [6.45, 7) is 0. The van der Waals surface area contributed by atoms with Crippen LogP contribution in [0.25, 0.3) is 0 Å². The Morgan fingerprint density at radius 3 is 0.478 bits per heavy atom. The molecule has 0 atom stereocenters. The third-order valence-corrected chi connectivity index (χ3v) is 12.4. The molecule has 6 rings (SSSR count). The number of hydrogen-bond donors (Lipinski definition) is 0. The molecule has 0 heterocycles. The van der Waals surface area contributed by atoms with Gasteiger partial charge in [-0.05, 0) is 0 Å². The van der Waals surface area contributed by atoms with Crippen molar-refractivity contribution in [2.75, 3.05) is 0 Å². The molecule has 0 aliphatic heterocycles. The molecule has 0 saturated carbocycles. The Balaban J connectivity index is 0.000000186. The summed E-state index contributed by atoms with van der Waals surface area (Å²) in [6, 6.07) is 50.8. The van der Waals surface area contributed by atoms with Crippen molar-refractivity contribution in [2.24, 2.45) is 0 Å². The molecule has 6 nitrogen and oxygen atoms in total. The van der Waals surface area contributed by atoms with E-state index >= 15 is 0 Å². The summed E-state index contributed by atoms with van der Waals surface area (Å²) in [5, 5.41) is 2.15. The van der Waals surface area contributed by atoms with Gasteiger partial charge in [0.05, 0.1) is 22.1 Å². The number of benzene rings is 6. The van der Waals surface area contributed by atoms with Crippen molar-refractivity contribution < 1.29 is 77.8 Å². The van der Waals surface area contributed by atoms with Crippen LogP contribution in [0.3, 0.4) is 0 Å². The third-order valence-electron chi connectivity index (χ3n) is 6.58. The molecule has 0 unspecified atom stereocenters. The van der Waals surface area contributed by atoms with Crippen molar-refractivity contribution in [3.05, 3.63) is 182 Å². The van der Waals surface area contributed by atoms with Gasteiger partial charge in [-0.15, -0.1) is 0 Å².